The van der Waals surface area contributed by atoms with Gasteiger partial charge in [-0.3, -0.25) is 0 Å². The summed E-state index contributed by atoms with van der Waals surface area (Å²) >= 11 is 0. The predicted octanol–water partition coefficient (Wildman–Crippen LogP) is 3.15. The molecule has 4 N–H and O–H groups in total. The SMILES string of the molecule is CC(C)(CCCCNCCCc1ccccc1)/C(N)=N/O. The van der Waals surface area contributed by atoms with E-state index in [-0.39, 0.29) is 5.41 Å². The van der Waals surface area contributed by atoms with Crippen LogP contribution >= 0.6 is 0 Å². The van der Waals surface area contributed by atoms with Crippen molar-refractivity contribution < 1.29 is 5.21 Å². The number of nitrogens with two attached hydrogens (primary N) is 1. The zero-order valence-corrected chi connectivity index (χ0v) is 13.3. The van der Waals surface area contributed by atoms with Crippen LogP contribution in [0.1, 0.15) is 45.1 Å². The average molecular weight is 291 g/mol. The summed E-state index contributed by atoms with van der Waals surface area (Å²) in [4.78, 5) is 0. The third kappa shape index (κ3) is 7.14. The number of hydrogen-bond acceptors (Lipinski definition) is 3. The molecule has 0 radical (unpaired) electrons. The lowest BCUT2D eigenvalue weighted by molar-refractivity contribution is 0.304. The molecular formula is C17H29N3O. The number of aryl methyl sites for hydroxylation is 1. The van der Waals surface area contributed by atoms with E-state index >= 15 is 0 Å². The summed E-state index contributed by atoms with van der Waals surface area (Å²) in [6.45, 7) is 6.10. The van der Waals surface area contributed by atoms with E-state index in [0.29, 0.717) is 5.84 Å². The number of unbranched alkanes of at least 4 members (excludes halogenated alkanes) is 1. The van der Waals surface area contributed by atoms with Crippen molar-refractivity contribution in [1.29, 1.82) is 0 Å². The lowest BCUT2D eigenvalue weighted by atomic mass is 9.86. The maximum Gasteiger partial charge on any atom is 0.144 e. The highest BCUT2D eigenvalue weighted by atomic mass is 16.4. The van der Waals surface area contributed by atoms with Gasteiger partial charge in [0.25, 0.3) is 0 Å². The Morgan fingerprint density at radius 1 is 1.14 bits per heavy atom. The first kappa shape index (κ1) is 17.5. The van der Waals surface area contributed by atoms with E-state index in [4.69, 9.17) is 10.9 Å². The van der Waals surface area contributed by atoms with E-state index in [0.717, 1.165) is 38.8 Å². The molecule has 21 heavy (non-hydrogen) atoms. The van der Waals surface area contributed by atoms with Crippen molar-refractivity contribution in [2.45, 2.75) is 46.0 Å². The highest BCUT2D eigenvalue weighted by molar-refractivity contribution is 5.85. The van der Waals surface area contributed by atoms with Crippen LogP contribution < -0.4 is 11.1 Å². The molecule has 1 aromatic rings. The minimum Gasteiger partial charge on any atom is -0.409 e. The fourth-order valence-electron chi connectivity index (χ4n) is 2.27. The van der Waals surface area contributed by atoms with Crippen LogP contribution in [0.3, 0.4) is 0 Å². The van der Waals surface area contributed by atoms with E-state index in [9.17, 15) is 0 Å². The van der Waals surface area contributed by atoms with Crippen molar-refractivity contribution in [3.8, 4) is 0 Å². The number of rotatable bonds is 10. The molecule has 0 unspecified atom stereocenters. The zero-order chi connectivity index (χ0) is 15.6. The smallest absolute Gasteiger partial charge is 0.144 e. The van der Waals surface area contributed by atoms with Gasteiger partial charge in [-0.2, -0.15) is 0 Å². The minimum absolute atomic E-state index is 0.220. The third-order valence-corrected chi connectivity index (χ3v) is 3.87. The Kier molecular flexibility index (Phi) is 7.83. The second kappa shape index (κ2) is 9.40. The molecule has 4 heteroatoms. The molecule has 0 aliphatic rings. The Morgan fingerprint density at radius 3 is 2.48 bits per heavy atom. The molecule has 0 spiro atoms. The number of oxime groups is 1. The van der Waals surface area contributed by atoms with Crippen LogP contribution in [-0.2, 0) is 6.42 Å². The zero-order valence-electron chi connectivity index (χ0n) is 13.3. The molecule has 0 aliphatic carbocycles. The van der Waals surface area contributed by atoms with Gasteiger partial charge in [0.05, 0.1) is 0 Å². The van der Waals surface area contributed by atoms with Crippen LogP contribution in [0, 0.1) is 5.41 Å². The third-order valence-electron chi connectivity index (χ3n) is 3.87. The van der Waals surface area contributed by atoms with Crippen molar-refractivity contribution >= 4 is 5.84 Å². The highest BCUT2D eigenvalue weighted by Crippen LogP contribution is 2.23. The summed E-state index contributed by atoms with van der Waals surface area (Å²) in [5.74, 6) is 0.318. The summed E-state index contributed by atoms with van der Waals surface area (Å²) < 4.78 is 0. The van der Waals surface area contributed by atoms with Crippen LogP contribution in [-0.4, -0.2) is 24.1 Å². The standard InChI is InChI=1S/C17H29N3O/c1-17(2,16(18)20-21)12-6-7-13-19-14-8-11-15-9-4-3-5-10-15/h3-5,9-10,19,21H,6-8,11-14H2,1-2H3,(H2,18,20). The fourth-order valence-corrected chi connectivity index (χ4v) is 2.27. The van der Waals surface area contributed by atoms with Gasteiger partial charge >= 0.3 is 0 Å². The first-order chi connectivity index (χ1) is 10.1. The Hall–Kier alpha value is -1.55. The average Bonchev–Trinajstić information content (AvgIpc) is 2.50. The van der Waals surface area contributed by atoms with Crippen molar-refractivity contribution in [1.82, 2.24) is 5.32 Å². The molecule has 0 aliphatic heterocycles. The summed E-state index contributed by atoms with van der Waals surface area (Å²) in [5.41, 5.74) is 6.85. The van der Waals surface area contributed by atoms with Crippen molar-refractivity contribution in [2.24, 2.45) is 16.3 Å². The maximum absolute atomic E-state index is 8.71. The first-order valence-electron chi connectivity index (χ1n) is 7.79. The number of benzene rings is 1. The maximum atomic E-state index is 8.71. The number of nitrogens with zero attached hydrogens (tertiary/aromatic N) is 1. The van der Waals surface area contributed by atoms with Gasteiger partial charge in [-0.25, -0.2) is 0 Å². The van der Waals surface area contributed by atoms with Gasteiger partial charge in [0.2, 0.25) is 0 Å². The number of nitrogens with one attached hydrogen (secondary N) is 1. The highest BCUT2D eigenvalue weighted by Gasteiger charge is 2.22. The Morgan fingerprint density at radius 2 is 1.81 bits per heavy atom. The number of amidine groups is 1. The molecule has 0 heterocycles. The lowest BCUT2D eigenvalue weighted by Crippen LogP contribution is -2.32. The van der Waals surface area contributed by atoms with Crippen LogP contribution in [0.5, 0.6) is 0 Å². The fraction of sp³-hybridized carbons (Fsp3) is 0.588. The van der Waals surface area contributed by atoms with Gasteiger partial charge in [0.1, 0.15) is 5.84 Å². The molecule has 0 fully saturated rings. The van der Waals surface area contributed by atoms with Gasteiger partial charge < -0.3 is 16.3 Å². The van der Waals surface area contributed by atoms with Crippen LogP contribution in [0.15, 0.2) is 35.5 Å². The van der Waals surface area contributed by atoms with E-state index in [1.54, 1.807) is 0 Å². The van der Waals surface area contributed by atoms with E-state index < -0.39 is 0 Å². The Labute approximate surface area is 128 Å². The van der Waals surface area contributed by atoms with Gasteiger partial charge in [0, 0.05) is 5.41 Å². The Bertz CT molecular complexity index is 415. The quantitative estimate of drug-likeness (QED) is 0.204. The summed E-state index contributed by atoms with van der Waals surface area (Å²) in [7, 11) is 0. The minimum atomic E-state index is -0.220. The molecule has 0 aromatic heterocycles. The van der Waals surface area contributed by atoms with Crippen LogP contribution in [0.2, 0.25) is 0 Å². The molecule has 0 amide bonds. The topological polar surface area (TPSA) is 70.6 Å². The Balaban J connectivity index is 2.00. The van der Waals surface area contributed by atoms with Crippen molar-refractivity contribution in [3.63, 3.8) is 0 Å². The molecule has 118 valence electrons. The van der Waals surface area contributed by atoms with Crippen molar-refractivity contribution in [2.75, 3.05) is 13.1 Å². The molecular weight excluding hydrogens is 262 g/mol. The monoisotopic (exact) mass is 291 g/mol. The van der Waals surface area contributed by atoms with E-state index in [1.165, 1.54) is 12.0 Å². The largest absolute Gasteiger partial charge is 0.409 e. The van der Waals surface area contributed by atoms with E-state index in [2.05, 4.69) is 40.8 Å². The summed E-state index contributed by atoms with van der Waals surface area (Å²) in [6, 6.07) is 10.6. The first-order valence-corrected chi connectivity index (χ1v) is 7.79. The molecule has 0 bridgehead atoms. The molecule has 1 rings (SSSR count). The van der Waals surface area contributed by atoms with Gasteiger partial charge in [-0.05, 0) is 44.3 Å². The predicted molar refractivity (Wildman–Crippen MR) is 88.7 cm³/mol. The normalized spacial score (nSPS) is 12.6. The molecule has 0 saturated heterocycles. The van der Waals surface area contributed by atoms with Gasteiger partial charge in [-0.1, -0.05) is 55.8 Å². The molecule has 0 atom stereocenters. The summed E-state index contributed by atoms with van der Waals surface area (Å²) in [5, 5.41) is 15.3. The van der Waals surface area contributed by atoms with Gasteiger partial charge in [0.15, 0.2) is 0 Å². The van der Waals surface area contributed by atoms with Crippen LogP contribution in [0.25, 0.3) is 0 Å². The summed E-state index contributed by atoms with van der Waals surface area (Å²) in [6.07, 6.45) is 5.43. The molecule has 4 nitrogen and oxygen atoms in total. The molecule has 0 saturated carbocycles. The van der Waals surface area contributed by atoms with Crippen molar-refractivity contribution in [3.05, 3.63) is 35.9 Å². The second-order valence-electron chi connectivity index (χ2n) is 6.17. The van der Waals surface area contributed by atoms with E-state index in [1.807, 2.05) is 13.8 Å². The van der Waals surface area contributed by atoms with Gasteiger partial charge in [-0.15, -0.1) is 0 Å². The number of hydrogen-bond donors (Lipinski definition) is 3. The lowest BCUT2D eigenvalue weighted by Gasteiger charge is -2.22. The second-order valence-corrected chi connectivity index (χ2v) is 6.17. The van der Waals surface area contributed by atoms with Crippen LogP contribution in [0.4, 0.5) is 0 Å². The molecule has 1 aromatic carbocycles.